The van der Waals surface area contributed by atoms with E-state index >= 15 is 0 Å². The van der Waals surface area contributed by atoms with Crippen molar-refractivity contribution in [2.75, 3.05) is 18.5 Å². The summed E-state index contributed by atoms with van der Waals surface area (Å²) in [5.74, 6) is -2.61. The minimum Gasteiger partial charge on any atom is -0.494 e. The maximum Gasteiger partial charge on any atom is 0.322 e. The van der Waals surface area contributed by atoms with Crippen LogP contribution in [0.3, 0.4) is 0 Å². The Bertz CT molecular complexity index is 841. The van der Waals surface area contributed by atoms with Crippen LogP contribution in [0.5, 0.6) is 5.75 Å². The average Bonchev–Trinajstić information content (AvgIpc) is 2.68. The van der Waals surface area contributed by atoms with E-state index in [1.165, 1.54) is 4.90 Å². The van der Waals surface area contributed by atoms with Crippen LogP contribution in [0.4, 0.5) is 23.7 Å². The van der Waals surface area contributed by atoms with Crippen LogP contribution in [0.2, 0.25) is 0 Å². The molecule has 2 amide bonds. The number of carbonyl (C=O) groups is 1. The second kappa shape index (κ2) is 11.1. The van der Waals surface area contributed by atoms with E-state index < -0.39 is 29.2 Å². The molecule has 0 heterocycles. The highest BCUT2D eigenvalue weighted by Gasteiger charge is 2.21. The lowest BCUT2D eigenvalue weighted by atomic mass is 9.92. The van der Waals surface area contributed by atoms with E-state index in [0.29, 0.717) is 31.7 Å². The first-order chi connectivity index (χ1) is 14.6. The molecule has 0 atom stereocenters. The molecule has 0 bridgehead atoms. The predicted molar refractivity (Wildman–Crippen MR) is 117 cm³/mol. The largest absolute Gasteiger partial charge is 0.494 e. The highest BCUT2D eigenvalue weighted by atomic mass is 19.1. The molecule has 7 heteroatoms. The monoisotopic (exact) mass is 436 g/mol. The Balaban J connectivity index is 2.14. The van der Waals surface area contributed by atoms with Gasteiger partial charge in [-0.1, -0.05) is 46.2 Å². The van der Waals surface area contributed by atoms with E-state index in [1.807, 2.05) is 45.0 Å². The van der Waals surface area contributed by atoms with Gasteiger partial charge in [0.15, 0.2) is 11.6 Å². The van der Waals surface area contributed by atoms with Crippen LogP contribution in [0, 0.1) is 22.9 Å². The summed E-state index contributed by atoms with van der Waals surface area (Å²) in [7, 11) is 0. The van der Waals surface area contributed by atoms with Gasteiger partial charge >= 0.3 is 6.03 Å². The van der Waals surface area contributed by atoms with Gasteiger partial charge in [-0.2, -0.15) is 0 Å². The van der Waals surface area contributed by atoms with Crippen LogP contribution in [-0.4, -0.2) is 24.1 Å². The van der Waals surface area contributed by atoms with Crippen LogP contribution in [0.15, 0.2) is 36.4 Å². The van der Waals surface area contributed by atoms with E-state index in [4.69, 9.17) is 4.74 Å². The van der Waals surface area contributed by atoms with E-state index in [-0.39, 0.29) is 12.0 Å². The topological polar surface area (TPSA) is 41.6 Å². The number of hydrogen-bond donors (Lipinski definition) is 1. The molecule has 2 aromatic rings. The quantitative estimate of drug-likeness (QED) is 0.442. The number of benzene rings is 2. The highest BCUT2D eigenvalue weighted by Crippen LogP contribution is 2.23. The van der Waals surface area contributed by atoms with Gasteiger partial charge in [0, 0.05) is 25.2 Å². The SMILES string of the molecule is CCCCOc1ccc(CN(CCC(C)(C)C)C(=O)Nc2c(F)cc(F)cc2F)cc1. The number of nitrogens with one attached hydrogen (secondary N) is 1. The summed E-state index contributed by atoms with van der Waals surface area (Å²) in [6.45, 7) is 9.51. The summed E-state index contributed by atoms with van der Waals surface area (Å²) in [5, 5.41) is 2.25. The Morgan fingerprint density at radius 2 is 1.68 bits per heavy atom. The molecule has 31 heavy (non-hydrogen) atoms. The van der Waals surface area contributed by atoms with Crippen molar-refractivity contribution in [3.8, 4) is 5.75 Å². The third-order valence-electron chi connectivity index (χ3n) is 4.72. The molecule has 2 rings (SSSR count). The molecule has 0 saturated heterocycles. The molecule has 0 aliphatic rings. The fraction of sp³-hybridized carbons (Fsp3) is 0.458. The summed E-state index contributed by atoms with van der Waals surface area (Å²) >= 11 is 0. The third-order valence-corrected chi connectivity index (χ3v) is 4.72. The molecule has 0 aliphatic carbocycles. The van der Waals surface area contributed by atoms with Crippen LogP contribution in [0.25, 0.3) is 0 Å². The zero-order chi connectivity index (χ0) is 23.0. The van der Waals surface area contributed by atoms with E-state index in [1.54, 1.807) is 0 Å². The number of hydrogen-bond acceptors (Lipinski definition) is 2. The van der Waals surface area contributed by atoms with Crippen molar-refractivity contribution < 1.29 is 22.7 Å². The highest BCUT2D eigenvalue weighted by molar-refractivity contribution is 5.89. The van der Waals surface area contributed by atoms with Gasteiger partial charge in [-0.3, -0.25) is 0 Å². The number of nitrogens with zero attached hydrogens (tertiary/aromatic N) is 1. The minimum atomic E-state index is -1.16. The molecule has 1 N–H and O–H groups in total. The van der Waals surface area contributed by atoms with E-state index in [2.05, 4.69) is 12.2 Å². The standard InChI is InChI=1S/C24H31F3N2O2/c1-5-6-13-31-19-9-7-17(8-10-19)16-29(12-11-24(2,3)4)23(30)28-22-20(26)14-18(25)15-21(22)27/h7-10,14-15H,5-6,11-13,16H2,1-4H3,(H,28,30). The Morgan fingerprint density at radius 3 is 2.23 bits per heavy atom. The molecule has 0 aromatic heterocycles. The summed E-state index contributed by atoms with van der Waals surface area (Å²) < 4.78 is 46.8. The molecular weight excluding hydrogens is 405 g/mol. The Labute approximate surface area is 182 Å². The fourth-order valence-corrected chi connectivity index (χ4v) is 2.82. The Hall–Kier alpha value is -2.70. The van der Waals surface area contributed by atoms with Crippen molar-refractivity contribution in [2.45, 2.75) is 53.5 Å². The zero-order valence-electron chi connectivity index (χ0n) is 18.6. The first-order valence-corrected chi connectivity index (χ1v) is 10.5. The number of halogens is 3. The first kappa shape index (κ1) is 24.6. The zero-order valence-corrected chi connectivity index (χ0v) is 18.6. The third kappa shape index (κ3) is 8.15. The minimum absolute atomic E-state index is 0.0398. The number of urea groups is 1. The predicted octanol–water partition coefficient (Wildman–Crippen LogP) is 6.75. The van der Waals surface area contributed by atoms with Crippen LogP contribution in [0.1, 0.15) is 52.5 Å². The van der Waals surface area contributed by atoms with E-state index in [0.717, 1.165) is 24.2 Å². The van der Waals surface area contributed by atoms with Gasteiger partial charge < -0.3 is 15.0 Å². The van der Waals surface area contributed by atoms with Gasteiger partial charge in [-0.25, -0.2) is 18.0 Å². The lowest BCUT2D eigenvalue weighted by molar-refractivity contribution is 0.198. The van der Waals surface area contributed by atoms with Crippen molar-refractivity contribution in [2.24, 2.45) is 5.41 Å². The van der Waals surface area contributed by atoms with Crippen LogP contribution >= 0.6 is 0 Å². The fourth-order valence-electron chi connectivity index (χ4n) is 2.82. The molecule has 170 valence electrons. The van der Waals surface area contributed by atoms with Gasteiger partial charge in [0.25, 0.3) is 0 Å². The molecule has 0 fully saturated rings. The van der Waals surface area contributed by atoms with E-state index in [9.17, 15) is 18.0 Å². The number of rotatable bonds is 9. The second-order valence-electron chi connectivity index (χ2n) is 8.75. The van der Waals surface area contributed by atoms with Crippen molar-refractivity contribution >= 4 is 11.7 Å². The van der Waals surface area contributed by atoms with Gasteiger partial charge in [-0.15, -0.1) is 0 Å². The molecule has 4 nitrogen and oxygen atoms in total. The van der Waals surface area contributed by atoms with Gasteiger partial charge in [0.2, 0.25) is 0 Å². The van der Waals surface area contributed by atoms with Crippen molar-refractivity contribution in [3.63, 3.8) is 0 Å². The number of amides is 2. The number of anilines is 1. The number of unbranched alkanes of at least 4 members (excludes halogenated alkanes) is 1. The molecule has 0 spiro atoms. The van der Waals surface area contributed by atoms with Gasteiger partial charge in [-0.05, 0) is 36.0 Å². The molecule has 2 aromatic carbocycles. The normalized spacial score (nSPS) is 11.3. The van der Waals surface area contributed by atoms with Gasteiger partial charge in [0.05, 0.1) is 6.61 Å². The Kier molecular flexibility index (Phi) is 8.77. The van der Waals surface area contributed by atoms with Crippen molar-refractivity contribution in [3.05, 3.63) is 59.4 Å². The molecule has 0 unspecified atom stereocenters. The maximum atomic E-state index is 14.0. The van der Waals surface area contributed by atoms with Crippen molar-refractivity contribution in [1.82, 2.24) is 4.90 Å². The number of carbonyl (C=O) groups excluding carboxylic acids is 1. The smallest absolute Gasteiger partial charge is 0.322 e. The maximum absolute atomic E-state index is 14.0. The summed E-state index contributed by atoms with van der Waals surface area (Å²) in [5.41, 5.74) is 0.154. The lowest BCUT2D eigenvalue weighted by Gasteiger charge is -2.27. The van der Waals surface area contributed by atoms with Crippen LogP contribution < -0.4 is 10.1 Å². The summed E-state index contributed by atoms with van der Waals surface area (Å²) in [4.78, 5) is 14.3. The van der Waals surface area contributed by atoms with Crippen LogP contribution in [-0.2, 0) is 6.54 Å². The summed E-state index contributed by atoms with van der Waals surface area (Å²) in [6, 6.07) is 7.81. The molecule has 0 saturated carbocycles. The Morgan fingerprint density at radius 1 is 1.06 bits per heavy atom. The second-order valence-corrected chi connectivity index (χ2v) is 8.75. The lowest BCUT2D eigenvalue weighted by Crippen LogP contribution is -2.37. The average molecular weight is 437 g/mol. The molecular formula is C24H31F3N2O2. The molecule has 0 aliphatic heterocycles. The number of ether oxygens (including phenoxy) is 1. The van der Waals surface area contributed by atoms with Gasteiger partial charge in [0.1, 0.15) is 17.3 Å². The summed E-state index contributed by atoms with van der Waals surface area (Å²) in [6.07, 6.45) is 2.71. The van der Waals surface area contributed by atoms with Crippen molar-refractivity contribution in [1.29, 1.82) is 0 Å². The first-order valence-electron chi connectivity index (χ1n) is 10.5. The molecule has 0 radical (unpaired) electrons.